The first kappa shape index (κ1) is 17.9. The Bertz CT molecular complexity index is 912. The average Bonchev–Trinajstić information content (AvgIpc) is 3.06. The van der Waals surface area contributed by atoms with E-state index in [1.807, 2.05) is 23.7 Å². The maximum Gasteiger partial charge on any atom is 0.191 e. The van der Waals surface area contributed by atoms with E-state index in [0.717, 1.165) is 11.4 Å². The second-order valence-electron chi connectivity index (χ2n) is 5.38. The van der Waals surface area contributed by atoms with Crippen LogP contribution < -0.4 is 9.47 Å². The highest BCUT2D eigenvalue weighted by Crippen LogP contribution is 2.29. The summed E-state index contributed by atoms with van der Waals surface area (Å²) in [6, 6.07) is 8.87. The Morgan fingerprint density at radius 1 is 1.08 bits per heavy atom. The molecule has 0 saturated heterocycles. The fraction of sp³-hybridized carbons (Fsp3) is 0.222. The molecule has 2 heterocycles. The molecular weight excluding hydrogens is 352 g/mol. The third-order valence-corrected chi connectivity index (χ3v) is 4.83. The molecule has 0 aliphatic carbocycles. The van der Waals surface area contributed by atoms with Crippen LogP contribution in [0.5, 0.6) is 11.5 Å². The number of methoxy groups -OCH3 is 2. The highest BCUT2D eigenvalue weighted by atomic mass is 32.2. The van der Waals surface area contributed by atoms with Crippen LogP contribution in [0, 0.1) is 0 Å². The third-order valence-electron chi connectivity index (χ3n) is 3.81. The number of carbonyl (C=O) groups is 1. The fourth-order valence-corrected chi connectivity index (χ4v) is 3.22. The first-order chi connectivity index (χ1) is 12.6. The van der Waals surface area contributed by atoms with Crippen molar-refractivity contribution in [3.63, 3.8) is 0 Å². The van der Waals surface area contributed by atoms with E-state index in [-0.39, 0.29) is 11.5 Å². The number of hydrogen-bond acceptors (Lipinski definition) is 7. The van der Waals surface area contributed by atoms with Gasteiger partial charge in [0.25, 0.3) is 0 Å². The van der Waals surface area contributed by atoms with E-state index in [1.165, 1.54) is 11.8 Å². The van der Waals surface area contributed by atoms with Crippen molar-refractivity contribution in [2.45, 2.75) is 5.16 Å². The van der Waals surface area contributed by atoms with Gasteiger partial charge in [-0.25, -0.2) is 0 Å². The first-order valence-corrected chi connectivity index (χ1v) is 8.80. The summed E-state index contributed by atoms with van der Waals surface area (Å²) in [6.45, 7) is 0. The molecule has 0 radical (unpaired) electrons. The summed E-state index contributed by atoms with van der Waals surface area (Å²) in [5.41, 5.74) is 1.49. The molecule has 134 valence electrons. The lowest BCUT2D eigenvalue weighted by Gasteiger charge is -2.09. The smallest absolute Gasteiger partial charge is 0.191 e. The Hall–Kier alpha value is -2.87. The zero-order valence-corrected chi connectivity index (χ0v) is 15.5. The molecule has 26 heavy (non-hydrogen) atoms. The molecule has 2 aromatic heterocycles. The quantitative estimate of drug-likeness (QED) is 0.467. The number of thioether (sulfide) groups is 1. The number of ether oxygens (including phenoxy) is 2. The number of pyridine rings is 1. The minimum Gasteiger partial charge on any atom is -0.493 e. The first-order valence-electron chi connectivity index (χ1n) is 7.82. The van der Waals surface area contributed by atoms with Crippen molar-refractivity contribution >= 4 is 17.5 Å². The van der Waals surface area contributed by atoms with Gasteiger partial charge in [-0.15, -0.1) is 10.2 Å². The zero-order valence-electron chi connectivity index (χ0n) is 14.7. The lowest BCUT2D eigenvalue weighted by atomic mass is 10.1. The molecule has 0 N–H and O–H groups in total. The third kappa shape index (κ3) is 3.70. The highest BCUT2D eigenvalue weighted by molar-refractivity contribution is 7.99. The van der Waals surface area contributed by atoms with Gasteiger partial charge in [-0.05, 0) is 30.3 Å². The largest absolute Gasteiger partial charge is 0.493 e. The van der Waals surface area contributed by atoms with E-state index in [0.29, 0.717) is 22.2 Å². The number of carbonyl (C=O) groups excluding carboxylic acids is 1. The van der Waals surface area contributed by atoms with Gasteiger partial charge in [-0.3, -0.25) is 9.78 Å². The number of aromatic nitrogens is 4. The van der Waals surface area contributed by atoms with Crippen LogP contribution in [0.2, 0.25) is 0 Å². The maximum absolute atomic E-state index is 12.5. The Balaban J connectivity index is 1.72. The SMILES string of the molecule is COc1ccc(C(=O)CSc2nnc(-c3ccncc3)n2C)cc1OC. The summed E-state index contributed by atoms with van der Waals surface area (Å²) in [5.74, 6) is 2.07. The molecule has 0 aliphatic rings. The van der Waals surface area contributed by atoms with Crippen LogP contribution in [0.15, 0.2) is 47.9 Å². The monoisotopic (exact) mass is 370 g/mol. The number of benzene rings is 1. The molecule has 0 atom stereocenters. The summed E-state index contributed by atoms with van der Waals surface area (Å²) in [6.07, 6.45) is 3.41. The van der Waals surface area contributed by atoms with Crippen molar-refractivity contribution in [2.24, 2.45) is 7.05 Å². The van der Waals surface area contributed by atoms with Gasteiger partial charge in [-0.1, -0.05) is 11.8 Å². The van der Waals surface area contributed by atoms with Crippen LogP contribution in [0.25, 0.3) is 11.4 Å². The highest BCUT2D eigenvalue weighted by Gasteiger charge is 2.15. The van der Waals surface area contributed by atoms with Crippen LogP contribution in [-0.2, 0) is 7.05 Å². The Labute approximate surface area is 155 Å². The summed E-state index contributed by atoms with van der Waals surface area (Å²) >= 11 is 1.34. The van der Waals surface area contributed by atoms with Crippen molar-refractivity contribution in [3.05, 3.63) is 48.3 Å². The second-order valence-corrected chi connectivity index (χ2v) is 6.33. The van der Waals surface area contributed by atoms with Gasteiger partial charge in [0.2, 0.25) is 0 Å². The topological polar surface area (TPSA) is 79.1 Å². The van der Waals surface area contributed by atoms with Crippen molar-refractivity contribution < 1.29 is 14.3 Å². The Morgan fingerprint density at radius 3 is 2.50 bits per heavy atom. The second kappa shape index (κ2) is 8.01. The predicted octanol–water partition coefficient (Wildman–Crippen LogP) is 2.87. The van der Waals surface area contributed by atoms with Crippen LogP contribution in [0.3, 0.4) is 0 Å². The lowest BCUT2D eigenvalue weighted by Crippen LogP contribution is -2.05. The number of nitrogens with zero attached hydrogens (tertiary/aromatic N) is 4. The van der Waals surface area contributed by atoms with Crippen molar-refractivity contribution in [3.8, 4) is 22.9 Å². The van der Waals surface area contributed by atoms with Crippen LogP contribution in [0.4, 0.5) is 0 Å². The number of hydrogen-bond donors (Lipinski definition) is 0. The van der Waals surface area contributed by atoms with Crippen LogP contribution >= 0.6 is 11.8 Å². The molecule has 7 nitrogen and oxygen atoms in total. The van der Waals surface area contributed by atoms with E-state index in [2.05, 4.69) is 15.2 Å². The van der Waals surface area contributed by atoms with Gasteiger partial charge in [0.05, 0.1) is 20.0 Å². The summed E-state index contributed by atoms with van der Waals surface area (Å²) in [7, 11) is 4.98. The van der Waals surface area contributed by atoms with Crippen molar-refractivity contribution in [1.82, 2.24) is 19.7 Å². The molecule has 0 aliphatic heterocycles. The molecule has 0 unspecified atom stereocenters. The van der Waals surface area contributed by atoms with Crippen LogP contribution in [0.1, 0.15) is 10.4 Å². The molecule has 0 bridgehead atoms. The molecule has 0 spiro atoms. The van der Waals surface area contributed by atoms with E-state index >= 15 is 0 Å². The number of rotatable bonds is 7. The summed E-state index contributed by atoms with van der Waals surface area (Å²) in [5, 5.41) is 9.05. The normalized spacial score (nSPS) is 10.6. The van der Waals surface area contributed by atoms with Gasteiger partial charge in [0, 0.05) is 30.6 Å². The Morgan fingerprint density at radius 2 is 1.81 bits per heavy atom. The fourth-order valence-electron chi connectivity index (χ4n) is 2.42. The van der Waals surface area contributed by atoms with Crippen LogP contribution in [-0.4, -0.2) is 45.5 Å². The van der Waals surface area contributed by atoms with E-state index in [1.54, 1.807) is 44.8 Å². The van der Waals surface area contributed by atoms with Gasteiger partial charge in [-0.2, -0.15) is 0 Å². The predicted molar refractivity (Wildman–Crippen MR) is 98.8 cm³/mol. The molecular formula is C18H18N4O3S. The maximum atomic E-state index is 12.5. The standard InChI is InChI=1S/C18H18N4O3S/c1-22-17(12-6-8-19-9-7-12)20-21-18(22)26-11-14(23)13-4-5-15(24-2)16(10-13)25-3/h4-10H,11H2,1-3H3. The Kier molecular flexibility index (Phi) is 5.52. The molecule has 8 heteroatoms. The molecule has 3 rings (SSSR count). The minimum atomic E-state index is -0.0237. The van der Waals surface area contributed by atoms with E-state index in [4.69, 9.17) is 9.47 Å². The van der Waals surface area contributed by atoms with Gasteiger partial charge >= 0.3 is 0 Å². The minimum absolute atomic E-state index is 0.0237. The van der Waals surface area contributed by atoms with E-state index < -0.39 is 0 Å². The molecule has 3 aromatic rings. The van der Waals surface area contributed by atoms with Gasteiger partial charge in [0.1, 0.15) is 0 Å². The zero-order chi connectivity index (χ0) is 18.5. The molecule has 0 saturated carbocycles. The molecule has 0 fully saturated rings. The average molecular weight is 370 g/mol. The summed E-state index contributed by atoms with van der Waals surface area (Å²) < 4.78 is 12.3. The summed E-state index contributed by atoms with van der Waals surface area (Å²) in [4.78, 5) is 16.5. The van der Waals surface area contributed by atoms with Gasteiger partial charge < -0.3 is 14.0 Å². The molecule has 0 amide bonds. The lowest BCUT2D eigenvalue weighted by molar-refractivity contribution is 0.102. The number of ketones is 1. The number of Topliss-reactive ketones (excluding diaryl/α,β-unsaturated/α-hetero) is 1. The van der Waals surface area contributed by atoms with E-state index in [9.17, 15) is 4.79 Å². The molecule has 1 aromatic carbocycles. The van der Waals surface area contributed by atoms with Crippen molar-refractivity contribution in [2.75, 3.05) is 20.0 Å². The van der Waals surface area contributed by atoms with Gasteiger partial charge in [0.15, 0.2) is 28.3 Å². The van der Waals surface area contributed by atoms with Crippen molar-refractivity contribution in [1.29, 1.82) is 0 Å².